The van der Waals surface area contributed by atoms with Gasteiger partial charge in [-0.2, -0.15) is 0 Å². The number of non-ortho nitro benzene ring substituents is 1. The number of nitrogens with one attached hydrogen (secondary N) is 1. The maximum atomic E-state index is 12.6. The molecule has 2 N–H and O–H groups in total. The summed E-state index contributed by atoms with van der Waals surface area (Å²) in [4.78, 5) is 28.0. The molecule has 0 saturated carbocycles. The Morgan fingerprint density at radius 2 is 1.52 bits per heavy atom. The first-order valence-corrected chi connectivity index (χ1v) is 15.6. The molecule has 2 fully saturated rings. The molecule has 1 amide bonds. The molecular formula is C36H38N4O6. The molecule has 10 nitrogen and oxygen atoms in total. The van der Waals surface area contributed by atoms with E-state index < -0.39 is 6.29 Å². The van der Waals surface area contributed by atoms with Gasteiger partial charge < -0.3 is 24.8 Å². The summed E-state index contributed by atoms with van der Waals surface area (Å²) < 4.78 is 13.3. The molecule has 238 valence electrons. The Balaban J connectivity index is 1.15. The fraction of sp³-hybridized carbons (Fsp3) is 0.306. The van der Waals surface area contributed by atoms with Crippen LogP contribution in [0.4, 0.5) is 17.1 Å². The SMILES string of the molecule is C[C@@H]1[C@H](CN2CCN(c3ccc([N+](=O)[O-])cc3)CC2)O[C@H](c2ccc(NC(=O)c3ccccc3)cc2)O[C@@H]1c1ccc(CO)cc1. The number of rotatable bonds is 9. The van der Waals surface area contributed by atoms with E-state index >= 15 is 0 Å². The third kappa shape index (κ3) is 7.27. The van der Waals surface area contributed by atoms with Gasteiger partial charge in [0.15, 0.2) is 6.29 Å². The minimum Gasteiger partial charge on any atom is -0.392 e. The Hall–Kier alpha value is -4.61. The number of carbonyl (C=O) groups excluding carboxylic acids is 1. The van der Waals surface area contributed by atoms with Gasteiger partial charge in [0.25, 0.3) is 11.6 Å². The van der Waals surface area contributed by atoms with Crippen LogP contribution in [0.2, 0.25) is 0 Å². The van der Waals surface area contributed by atoms with E-state index in [2.05, 4.69) is 22.0 Å². The van der Waals surface area contributed by atoms with Crippen molar-refractivity contribution >= 4 is 23.0 Å². The zero-order chi connectivity index (χ0) is 32.0. The lowest BCUT2D eigenvalue weighted by Crippen LogP contribution is -2.51. The van der Waals surface area contributed by atoms with Crippen molar-refractivity contribution < 1.29 is 24.3 Å². The predicted octanol–water partition coefficient (Wildman–Crippen LogP) is 5.95. The van der Waals surface area contributed by atoms with Crippen LogP contribution >= 0.6 is 0 Å². The van der Waals surface area contributed by atoms with Gasteiger partial charge in [-0.1, -0.05) is 61.5 Å². The molecule has 4 atom stereocenters. The van der Waals surface area contributed by atoms with Crippen molar-refractivity contribution in [1.82, 2.24) is 4.90 Å². The van der Waals surface area contributed by atoms with Gasteiger partial charge in [-0.3, -0.25) is 19.8 Å². The summed E-state index contributed by atoms with van der Waals surface area (Å²) in [7, 11) is 0. The van der Waals surface area contributed by atoms with Crippen molar-refractivity contribution in [2.45, 2.75) is 32.0 Å². The lowest BCUT2D eigenvalue weighted by molar-refractivity contribution is -0.384. The van der Waals surface area contributed by atoms with E-state index in [0.717, 1.165) is 55.1 Å². The summed E-state index contributed by atoms with van der Waals surface area (Å²) in [6, 6.07) is 31.3. The molecule has 2 aliphatic heterocycles. The Morgan fingerprint density at radius 3 is 2.15 bits per heavy atom. The minimum absolute atomic E-state index is 0.0191. The Morgan fingerprint density at radius 1 is 0.870 bits per heavy atom. The maximum Gasteiger partial charge on any atom is 0.269 e. The normalized spacial score (nSPS) is 21.9. The number of aliphatic hydroxyl groups excluding tert-OH is 1. The van der Waals surface area contributed by atoms with Crippen LogP contribution in [0.15, 0.2) is 103 Å². The first-order valence-electron chi connectivity index (χ1n) is 15.6. The third-order valence-corrected chi connectivity index (χ3v) is 8.84. The smallest absolute Gasteiger partial charge is 0.269 e. The fourth-order valence-corrected chi connectivity index (χ4v) is 6.07. The quantitative estimate of drug-likeness (QED) is 0.174. The number of hydrogen-bond acceptors (Lipinski definition) is 8. The van der Waals surface area contributed by atoms with E-state index in [-0.39, 0.29) is 41.3 Å². The largest absolute Gasteiger partial charge is 0.392 e. The fourth-order valence-electron chi connectivity index (χ4n) is 6.07. The van der Waals surface area contributed by atoms with Crippen LogP contribution in [-0.2, 0) is 16.1 Å². The summed E-state index contributed by atoms with van der Waals surface area (Å²) in [5.74, 6) is -0.124. The molecule has 2 heterocycles. The highest BCUT2D eigenvalue weighted by atomic mass is 16.7. The molecule has 2 saturated heterocycles. The summed E-state index contributed by atoms with van der Waals surface area (Å²) in [6.45, 7) is 6.14. The third-order valence-electron chi connectivity index (χ3n) is 8.84. The minimum atomic E-state index is -0.607. The van der Waals surface area contributed by atoms with Gasteiger partial charge in [0.05, 0.1) is 23.7 Å². The molecule has 0 bridgehead atoms. The van der Waals surface area contributed by atoms with Crippen molar-refractivity contribution in [3.63, 3.8) is 0 Å². The van der Waals surface area contributed by atoms with Crippen molar-refractivity contribution in [3.8, 4) is 0 Å². The van der Waals surface area contributed by atoms with Gasteiger partial charge in [-0.15, -0.1) is 0 Å². The lowest BCUT2D eigenvalue weighted by atomic mass is 9.90. The Bertz CT molecular complexity index is 1610. The van der Waals surface area contributed by atoms with Gasteiger partial charge in [-0.05, 0) is 47.5 Å². The van der Waals surface area contributed by atoms with Crippen LogP contribution in [0.25, 0.3) is 0 Å². The summed E-state index contributed by atoms with van der Waals surface area (Å²) in [5.41, 5.74) is 5.07. The molecule has 0 radical (unpaired) electrons. The molecule has 10 heteroatoms. The first-order chi connectivity index (χ1) is 22.4. The van der Waals surface area contributed by atoms with Crippen LogP contribution < -0.4 is 10.2 Å². The average molecular weight is 623 g/mol. The molecule has 0 aliphatic carbocycles. The first kappa shape index (κ1) is 31.4. The maximum absolute atomic E-state index is 12.6. The average Bonchev–Trinajstić information content (AvgIpc) is 3.10. The monoisotopic (exact) mass is 622 g/mol. The van der Waals surface area contributed by atoms with Crippen LogP contribution in [-0.4, -0.2) is 59.7 Å². The van der Waals surface area contributed by atoms with Gasteiger partial charge >= 0.3 is 0 Å². The van der Waals surface area contributed by atoms with E-state index in [9.17, 15) is 20.0 Å². The summed E-state index contributed by atoms with van der Waals surface area (Å²) in [6.07, 6.45) is -0.955. The van der Waals surface area contributed by atoms with E-state index in [4.69, 9.17) is 9.47 Å². The van der Waals surface area contributed by atoms with E-state index in [1.54, 1.807) is 24.3 Å². The number of ether oxygens (including phenoxy) is 2. The van der Waals surface area contributed by atoms with Crippen LogP contribution in [0.1, 0.15) is 46.4 Å². The zero-order valence-corrected chi connectivity index (χ0v) is 25.7. The molecular weight excluding hydrogens is 584 g/mol. The van der Waals surface area contributed by atoms with Gasteiger partial charge in [0.2, 0.25) is 0 Å². The van der Waals surface area contributed by atoms with Gasteiger partial charge in [0, 0.05) is 73.3 Å². The highest BCUT2D eigenvalue weighted by molar-refractivity contribution is 6.04. The number of piperazine rings is 1. The number of nitro groups is 1. The Labute approximate surface area is 268 Å². The van der Waals surface area contributed by atoms with Crippen LogP contribution in [0.5, 0.6) is 0 Å². The second kappa shape index (κ2) is 14.2. The van der Waals surface area contributed by atoms with Crippen molar-refractivity contribution in [2.24, 2.45) is 5.92 Å². The van der Waals surface area contributed by atoms with E-state index in [1.807, 2.05) is 78.9 Å². The number of nitro benzene ring substituents is 1. The van der Waals surface area contributed by atoms with Crippen molar-refractivity contribution in [3.05, 3.63) is 135 Å². The van der Waals surface area contributed by atoms with Gasteiger partial charge in [0.1, 0.15) is 0 Å². The second-order valence-corrected chi connectivity index (χ2v) is 11.8. The van der Waals surface area contributed by atoms with E-state index in [0.29, 0.717) is 11.3 Å². The van der Waals surface area contributed by atoms with Crippen LogP contribution in [0.3, 0.4) is 0 Å². The predicted molar refractivity (Wildman–Crippen MR) is 176 cm³/mol. The number of anilines is 2. The second-order valence-electron chi connectivity index (χ2n) is 11.8. The molecule has 6 rings (SSSR count). The van der Waals surface area contributed by atoms with Crippen LogP contribution in [0, 0.1) is 16.0 Å². The molecule has 0 aromatic heterocycles. The number of amides is 1. The van der Waals surface area contributed by atoms with Gasteiger partial charge in [-0.25, -0.2) is 0 Å². The van der Waals surface area contributed by atoms with Crippen molar-refractivity contribution in [2.75, 3.05) is 42.9 Å². The topological polar surface area (TPSA) is 117 Å². The molecule has 2 aliphatic rings. The zero-order valence-electron chi connectivity index (χ0n) is 25.7. The molecule has 46 heavy (non-hydrogen) atoms. The van der Waals surface area contributed by atoms with E-state index in [1.165, 1.54) is 0 Å². The molecule has 4 aromatic rings. The Kier molecular flexibility index (Phi) is 9.70. The highest BCUT2D eigenvalue weighted by Crippen LogP contribution is 2.42. The summed E-state index contributed by atoms with van der Waals surface area (Å²) >= 11 is 0. The van der Waals surface area contributed by atoms with Crippen molar-refractivity contribution in [1.29, 1.82) is 0 Å². The summed E-state index contributed by atoms with van der Waals surface area (Å²) in [5, 5.41) is 23.5. The lowest BCUT2D eigenvalue weighted by Gasteiger charge is -2.44. The number of nitrogens with zero attached hydrogens (tertiary/aromatic N) is 3. The number of carbonyl (C=O) groups is 1. The molecule has 0 unspecified atom stereocenters. The molecule has 4 aromatic carbocycles. The standard InChI is InChI=1S/C36H38N4O6/c1-25-33(23-38-19-21-39(22-20-38)31-15-17-32(18-16-31)40(43)44)45-36(46-34(25)27-9-7-26(24-41)8-10-27)29-11-13-30(14-12-29)37-35(42)28-5-3-2-4-6-28/h2-18,25,33-34,36,41H,19-24H2,1H3,(H,37,42)/t25-,33+,34+,36+/m1/s1. The highest BCUT2D eigenvalue weighted by Gasteiger charge is 2.39. The number of aliphatic hydroxyl groups is 1. The molecule has 0 spiro atoms. The number of benzene rings is 4. The number of hydrogen-bond donors (Lipinski definition) is 2.